The van der Waals surface area contributed by atoms with Crippen LogP contribution in [0.15, 0.2) is 18.2 Å². The number of phenols is 2. The van der Waals surface area contributed by atoms with Gasteiger partial charge in [-0.05, 0) is 18.4 Å². The standard InChI is InChI=1S/C12H17NO3/c1-7(2)6-9(12(13)16)8-4-3-5-10(14)11(8)15/h3-5,7,9,14-15H,6H2,1-2H3,(H2,13,16). The molecule has 0 heterocycles. The maximum atomic E-state index is 11.3. The van der Waals surface area contributed by atoms with Crippen molar-refractivity contribution in [3.05, 3.63) is 23.8 Å². The summed E-state index contributed by atoms with van der Waals surface area (Å²) in [5.41, 5.74) is 5.69. The van der Waals surface area contributed by atoms with Crippen molar-refractivity contribution in [1.82, 2.24) is 0 Å². The Bertz CT molecular complexity index is 388. The van der Waals surface area contributed by atoms with Crippen molar-refractivity contribution in [3.63, 3.8) is 0 Å². The molecule has 1 aromatic carbocycles. The molecule has 0 spiro atoms. The van der Waals surface area contributed by atoms with Crippen LogP contribution in [-0.4, -0.2) is 16.1 Å². The fourth-order valence-electron chi connectivity index (χ4n) is 1.70. The monoisotopic (exact) mass is 223 g/mol. The van der Waals surface area contributed by atoms with Gasteiger partial charge in [-0.3, -0.25) is 4.79 Å². The Kier molecular flexibility index (Phi) is 3.77. The van der Waals surface area contributed by atoms with E-state index in [2.05, 4.69) is 0 Å². The molecular weight excluding hydrogens is 206 g/mol. The number of rotatable bonds is 4. The minimum Gasteiger partial charge on any atom is -0.504 e. The van der Waals surface area contributed by atoms with Gasteiger partial charge in [0.25, 0.3) is 0 Å². The molecule has 1 aromatic rings. The van der Waals surface area contributed by atoms with E-state index in [1.54, 1.807) is 12.1 Å². The van der Waals surface area contributed by atoms with Gasteiger partial charge in [0, 0.05) is 5.56 Å². The molecule has 88 valence electrons. The first-order valence-electron chi connectivity index (χ1n) is 5.23. The van der Waals surface area contributed by atoms with E-state index in [1.165, 1.54) is 6.07 Å². The molecule has 0 aliphatic carbocycles. The maximum absolute atomic E-state index is 11.3. The average molecular weight is 223 g/mol. The summed E-state index contributed by atoms with van der Waals surface area (Å²) in [6.07, 6.45) is 0.548. The third-order valence-electron chi connectivity index (χ3n) is 2.47. The van der Waals surface area contributed by atoms with Crippen LogP contribution in [0.3, 0.4) is 0 Å². The van der Waals surface area contributed by atoms with E-state index in [-0.39, 0.29) is 17.4 Å². The normalized spacial score (nSPS) is 12.7. The van der Waals surface area contributed by atoms with Crippen molar-refractivity contribution in [1.29, 1.82) is 0 Å². The average Bonchev–Trinajstić information content (AvgIpc) is 2.18. The summed E-state index contributed by atoms with van der Waals surface area (Å²) in [6, 6.07) is 4.56. The topological polar surface area (TPSA) is 83.6 Å². The maximum Gasteiger partial charge on any atom is 0.225 e. The molecule has 0 saturated carbocycles. The fraction of sp³-hybridized carbons (Fsp3) is 0.417. The zero-order chi connectivity index (χ0) is 12.3. The first-order valence-corrected chi connectivity index (χ1v) is 5.23. The molecule has 4 nitrogen and oxygen atoms in total. The minimum absolute atomic E-state index is 0.229. The third kappa shape index (κ3) is 2.66. The van der Waals surface area contributed by atoms with Gasteiger partial charge in [-0.15, -0.1) is 0 Å². The lowest BCUT2D eigenvalue weighted by molar-refractivity contribution is -0.119. The van der Waals surface area contributed by atoms with Crippen LogP contribution >= 0.6 is 0 Å². The van der Waals surface area contributed by atoms with Crippen LogP contribution in [0.1, 0.15) is 31.7 Å². The summed E-state index contributed by atoms with van der Waals surface area (Å²) >= 11 is 0. The van der Waals surface area contributed by atoms with Crippen LogP contribution < -0.4 is 5.73 Å². The summed E-state index contributed by atoms with van der Waals surface area (Å²) in [6.45, 7) is 3.94. The number of primary amides is 1. The number of hydrogen-bond acceptors (Lipinski definition) is 3. The lowest BCUT2D eigenvalue weighted by atomic mass is 9.89. The molecule has 1 unspecified atom stereocenters. The van der Waals surface area contributed by atoms with Gasteiger partial charge < -0.3 is 15.9 Å². The zero-order valence-corrected chi connectivity index (χ0v) is 9.47. The van der Waals surface area contributed by atoms with E-state index < -0.39 is 11.8 Å². The van der Waals surface area contributed by atoms with E-state index in [9.17, 15) is 15.0 Å². The highest BCUT2D eigenvalue weighted by Gasteiger charge is 2.23. The Hall–Kier alpha value is -1.71. The molecule has 1 atom stereocenters. The highest BCUT2D eigenvalue weighted by molar-refractivity contribution is 5.83. The van der Waals surface area contributed by atoms with Gasteiger partial charge in [-0.2, -0.15) is 0 Å². The van der Waals surface area contributed by atoms with Crippen molar-refractivity contribution in [2.24, 2.45) is 11.7 Å². The Morgan fingerprint density at radius 2 is 2.00 bits per heavy atom. The van der Waals surface area contributed by atoms with Crippen molar-refractivity contribution in [2.75, 3.05) is 0 Å². The number of carbonyl (C=O) groups is 1. The smallest absolute Gasteiger partial charge is 0.225 e. The molecule has 16 heavy (non-hydrogen) atoms. The number of aromatic hydroxyl groups is 2. The highest BCUT2D eigenvalue weighted by atomic mass is 16.3. The van der Waals surface area contributed by atoms with Crippen LogP contribution in [0.4, 0.5) is 0 Å². The van der Waals surface area contributed by atoms with Gasteiger partial charge in [-0.1, -0.05) is 26.0 Å². The lowest BCUT2D eigenvalue weighted by Crippen LogP contribution is -2.22. The SMILES string of the molecule is CC(C)CC(C(N)=O)c1cccc(O)c1O. The van der Waals surface area contributed by atoms with Gasteiger partial charge in [0.05, 0.1) is 5.92 Å². The molecule has 1 rings (SSSR count). The third-order valence-corrected chi connectivity index (χ3v) is 2.47. The van der Waals surface area contributed by atoms with Crippen LogP contribution in [0, 0.1) is 5.92 Å². The molecule has 0 aliphatic heterocycles. The van der Waals surface area contributed by atoms with Gasteiger partial charge >= 0.3 is 0 Å². The number of hydrogen-bond donors (Lipinski definition) is 3. The predicted octanol–water partition coefficient (Wildman–Crippen LogP) is 1.71. The zero-order valence-electron chi connectivity index (χ0n) is 9.47. The molecule has 4 N–H and O–H groups in total. The van der Waals surface area contributed by atoms with Gasteiger partial charge in [0.2, 0.25) is 5.91 Å². The van der Waals surface area contributed by atoms with Crippen LogP contribution in [0.5, 0.6) is 11.5 Å². The molecule has 0 bridgehead atoms. The molecule has 0 radical (unpaired) electrons. The van der Waals surface area contributed by atoms with Crippen LogP contribution in [-0.2, 0) is 4.79 Å². The minimum atomic E-state index is -0.563. The summed E-state index contributed by atoms with van der Waals surface area (Å²) in [5.74, 6) is -1.26. The molecule has 0 aromatic heterocycles. The summed E-state index contributed by atoms with van der Waals surface area (Å²) < 4.78 is 0. The van der Waals surface area contributed by atoms with E-state index in [1.807, 2.05) is 13.8 Å². The molecule has 0 aliphatic rings. The number of phenolic OH excluding ortho intramolecular Hbond substituents is 2. The van der Waals surface area contributed by atoms with Gasteiger partial charge in [0.15, 0.2) is 11.5 Å². The van der Waals surface area contributed by atoms with Crippen molar-refractivity contribution >= 4 is 5.91 Å². The van der Waals surface area contributed by atoms with Gasteiger partial charge in [0.1, 0.15) is 0 Å². The van der Waals surface area contributed by atoms with E-state index >= 15 is 0 Å². The Morgan fingerprint density at radius 1 is 1.38 bits per heavy atom. The molecule has 0 saturated heterocycles. The van der Waals surface area contributed by atoms with E-state index in [0.29, 0.717) is 12.0 Å². The number of benzene rings is 1. The first-order chi connectivity index (χ1) is 7.43. The quantitative estimate of drug-likeness (QED) is 0.679. The van der Waals surface area contributed by atoms with Crippen LogP contribution in [0.2, 0.25) is 0 Å². The first kappa shape index (κ1) is 12.4. The van der Waals surface area contributed by atoms with Crippen molar-refractivity contribution < 1.29 is 15.0 Å². The largest absolute Gasteiger partial charge is 0.504 e. The Morgan fingerprint density at radius 3 is 2.50 bits per heavy atom. The van der Waals surface area contributed by atoms with Gasteiger partial charge in [-0.25, -0.2) is 0 Å². The van der Waals surface area contributed by atoms with E-state index in [0.717, 1.165) is 0 Å². The summed E-state index contributed by atoms with van der Waals surface area (Å²) in [4.78, 5) is 11.3. The number of carbonyl (C=O) groups excluding carboxylic acids is 1. The Balaban J connectivity index is 3.11. The molecule has 1 amide bonds. The van der Waals surface area contributed by atoms with Crippen molar-refractivity contribution in [2.45, 2.75) is 26.2 Å². The second kappa shape index (κ2) is 4.88. The van der Waals surface area contributed by atoms with Crippen molar-refractivity contribution in [3.8, 4) is 11.5 Å². The second-order valence-corrected chi connectivity index (χ2v) is 4.30. The van der Waals surface area contributed by atoms with Crippen LogP contribution in [0.25, 0.3) is 0 Å². The van der Waals surface area contributed by atoms with E-state index in [4.69, 9.17) is 5.73 Å². The highest BCUT2D eigenvalue weighted by Crippen LogP contribution is 2.36. The molecule has 4 heteroatoms. The number of amides is 1. The molecular formula is C12H17NO3. The predicted molar refractivity (Wildman–Crippen MR) is 61.2 cm³/mol. The number of nitrogens with two attached hydrogens (primary N) is 1. The molecule has 0 fully saturated rings. The second-order valence-electron chi connectivity index (χ2n) is 4.30. The lowest BCUT2D eigenvalue weighted by Gasteiger charge is -2.17. The Labute approximate surface area is 94.7 Å². The summed E-state index contributed by atoms with van der Waals surface area (Å²) in [7, 11) is 0. The summed E-state index contributed by atoms with van der Waals surface area (Å²) in [5, 5.41) is 19.0. The fourth-order valence-corrected chi connectivity index (χ4v) is 1.70. The number of para-hydroxylation sites is 1.